The van der Waals surface area contributed by atoms with Gasteiger partial charge < -0.3 is 37.9 Å². The fourth-order valence-electron chi connectivity index (χ4n) is 6.09. The molecule has 3 amide bonds. The highest BCUT2D eigenvalue weighted by atomic mass is 31.1. The molecule has 0 aromatic heterocycles. The lowest BCUT2D eigenvalue weighted by Crippen LogP contribution is -2.65. The van der Waals surface area contributed by atoms with E-state index in [9.17, 15) is 19.2 Å². The summed E-state index contributed by atoms with van der Waals surface area (Å²) in [5, 5.41) is 4.69. The van der Waals surface area contributed by atoms with Gasteiger partial charge in [0.25, 0.3) is 0 Å². The summed E-state index contributed by atoms with van der Waals surface area (Å²) in [4.78, 5) is 65.7. The highest BCUT2D eigenvalue weighted by Gasteiger charge is 2.61. The number of hydrogen-bond donors (Lipinski definition) is 5. The maximum Gasteiger partial charge on any atom is 0.417 e. The van der Waals surface area contributed by atoms with Crippen molar-refractivity contribution in [3.63, 3.8) is 0 Å². The number of aliphatic imine (C=N–C) groups is 1. The van der Waals surface area contributed by atoms with Crippen molar-refractivity contribution in [2.24, 2.45) is 16.8 Å². The van der Waals surface area contributed by atoms with Crippen LogP contribution in [-0.4, -0.2) is 110 Å². The molecule has 6 radical (unpaired) electrons. The van der Waals surface area contributed by atoms with Crippen molar-refractivity contribution in [3.05, 3.63) is 11.3 Å². The molecule has 3 aliphatic rings. The van der Waals surface area contributed by atoms with Crippen LogP contribution >= 0.6 is 26.9 Å². The van der Waals surface area contributed by atoms with E-state index in [4.69, 9.17) is 41.9 Å². The highest BCUT2D eigenvalue weighted by Crippen LogP contribution is 2.49. The van der Waals surface area contributed by atoms with E-state index >= 15 is 0 Å². The van der Waals surface area contributed by atoms with Crippen LogP contribution in [0, 0.1) is 11.8 Å². The molecule has 3 aliphatic heterocycles. The van der Waals surface area contributed by atoms with Gasteiger partial charge in [-0.1, -0.05) is 27.7 Å². The minimum absolute atomic E-state index is 0.133. The second-order valence-electron chi connectivity index (χ2n) is 10.9. The van der Waals surface area contributed by atoms with Gasteiger partial charge in [-0.3, -0.25) is 20.3 Å². The number of likely N-dealkylation sites (tertiary alicyclic amines) is 1. The Labute approximate surface area is 280 Å². The third kappa shape index (κ3) is 9.30. The Hall–Kier alpha value is -1.61. The molecular formula is C23H40B3N8O8P3Si. The molecule has 16 nitrogen and oxygen atoms in total. The fraction of sp³-hybridized carbons (Fsp3) is 0.696. The topological polar surface area (TPSA) is 184 Å². The van der Waals surface area contributed by atoms with Crippen LogP contribution in [0.1, 0.15) is 34.6 Å². The van der Waals surface area contributed by atoms with Crippen LogP contribution in [0.25, 0.3) is 0 Å². The second kappa shape index (κ2) is 18.2. The van der Waals surface area contributed by atoms with Gasteiger partial charge in [-0.25, -0.2) is 19.4 Å². The average Bonchev–Trinajstić information content (AvgIpc) is 3.26. The number of rotatable bonds is 16. The Morgan fingerprint density at radius 2 is 1.48 bits per heavy atom. The molecule has 248 valence electrons. The molecule has 2 saturated heterocycles. The number of nitrogens with one attached hydrogen (secondary N) is 5. The summed E-state index contributed by atoms with van der Waals surface area (Å²) in [6.45, 7) is 11.7. The van der Waals surface area contributed by atoms with E-state index in [2.05, 4.69) is 51.4 Å². The SMILES string of the molecule is [B]NPOC(=O)NC(=NC1CN(CC2=C(C(=O)OPN[B])N3C(=O)C([C@@H](C)O[Si](CC)(CC)CC)[C@H]3[C@H]2C)C1)NC(=O)OPN[B]. The first kappa shape index (κ1) is 38.8. The number of β-lactam (4-membered cyclic amide) rings is 1. The Morgan fingerprint density at radius 1 is 0.957 bits per heavy atom. The third-order valence-electron chi connectivity index (χ3n) is 8.56. The summed E-state index contributed by atoms with van der Waals surface area (Å²) in [6.07, 6.45) is -2.08. The molecule has 23 heteroatoms. The zero-order chi connectivity index (χ0) is 34.0. The lowest BCUT2D eigenvalue weighted by molar-refractivity contribution is -0.161. The quantitative estimate of drug-likeness (QED) is 0.0378. The van der Waals surface area contributed by atoms with Crippen molar-refractivity contribution in [2.45, 2.75) is 70.9 Å². The van der Waals surface area contributed by atoms with Crippen molar-refractivity contribution >= 4 is 89.2 Å². The van der Waals surface area contributed by atoms with Gasteiger partial charge in [-0.2, -0.15) is 0 Å². The average molecular weight is 710 g/mol. The highest BCUT2D eigenvalue weighted by molar-refractivity contribution is 7.32. The van der Waals surface area contributed by atoms with E-state index in [1.165, 1.54) is 0 Å². The summed E-state index contributed by atoms with van der Waals surface area (Å²) < 4.78 is 21.7. The smallest absolute Gasteiger partial charge is 0.417 e. The summed E-state index contributed by atoms with van der Waals surface area (Å²) in [5.41, 5.74) is 1.02. The Kier molecular flexibility index (Phi) is 15.4. The van der Waals surface area contributed by atoms with Gasteiger partial charge in [0.15, 0.2) is 32.3 Å². The molecule has 0 aromatic rings. The van der Waals surface area contributed by atoms with E-state index < -0.39 is 53.3 Å². The monoisotopic (exact) mass is 710 g/mol. The molecule has 0 aliphatic carbocycles. The molecule has 4 unspecified atom stereocenters. The molecule has 0 saturated carbocycles. The number of amides is 3. The van der Waals surface area contributed by atoms with Gasteiger partial charge in [0.2, 0.25) is 11.9 Å². The molecule has 0 bridgehead atoms. The summed E-state index contributed by atoms with van der Waals surface area (Å²) in [5.74, 6) is -1.47. The lowest BCUT2D eigenvalue weighted by Gasteiger charge is -2.49. The van der Waals surface area contributed by atoms with Crippen molar-refractivity contribution < 1.29 is 37.2 Å². The van der Waals surface area contributed by atoms with Gasteiger partial charge in [-0.05, 0) is 30.6 Å². The second-order valence-corrected chi connectivity index (χ2v) is 17.8. The minimum atomic E-state index is -1.98. The normalized spacial score (nSPS) is 22.7. The van der Waals surface area contributed by atoms with Crippen LogP contribution in [0.5, 0.6) is 0 Å². The maximum atomic E-state index is 13.6. The number of nitrogens with zero attached hydrogens (tertiary/aromatic N) is 3. The van der Waals surface area contributed by atoms with E-state index in [1.54, 1.807) is 4.90 Å². The molecule has 0 spiro atoms. The van der Waals surface area contributed by atoms with E-state index in [-0.39, 0.29) is 47.6 Å². The van der Waals surface area contributed by atoms with Crippen LogP contribution in [0.3, 0.4) is 0 Å². The lowest BCUT2D eigenvalue weighted by atomic mass is 9.77. The number of fused-ring (bicyclic) bond motifs is 1. The van der Waals surface area contributed by atoms with Gasteiger partial charge in [0, 0.05) is 25.6 Å². The fourth-order valence-corrected chi connectivity index (χ4v) is 9.68. The standard InChI is InChI=1S/C23H40B3N8O8P3Si/c1-6-46(7-2,8-3)42-13(5)16-17-12(4)15(18(34(17)19(16)35)20(36)39-43-30-24)11-33-9-14(10-33)27-21(28-22(37)40-44-31-25)29-23(38)41-45-32-26/h12-14,16-17,30-32,43-45H,6-11H2,1-5H3,(H2,27,28,29,37,38)/t12-,13+,16?,17+/m0/s1. The summed E-state index contributed by atoms with van der Waals surface area (Å²) in [6, 6.07) is 2.34. The van der Waals surface area contributed by atoms with E-state index in [1.807, 2.05) is 18.7 Å². The summed E-state index contributed by atoms with van der Waals surface area (Å²) >= 11 is 0. The molecule has 3 heterocycles. The number of hydrogen-bond acceptors (Lipinski definition) is 13. The number of carbonyl (C=O) groups is 4. The van der Waals surface area contributed by atoms with Crippen molar-refractivity contribution in [3.8, 4) is 0 Å². The third-order valence-corrected chi connectivity index (χ3v) is 14.5. The van der Waals surface area contributed by atoms with Gasteiger partial charge in [0.05, 0.1) is 24.1 Å². The zero-order valence-corrected chi connectivity index (χ0v) is 30.5. The Balaban J connectivity index is 1.75. The molecular weight excluding hydrogens is 670 g/mol. The van der Waals surface area contributed by atoms with Gasteiger partial charge >= 0.3 is 18.2 Å². The predicted octanol–water partition coefficient (Wildman–Crippen LogP) is 0.708. The van der Waals surface area contributed by atoms with Crippen molar-refractivity contribution in [1.29, 1.82) is 0 Å². The maximum absolute atomic E-state index is 13.6. The number of guanidine groups is 1. The van der Waals surface area contributed by atoms with Crippen molar-refractivity contribution in [2.75, 3.05) is 19.6 Å². The molecule has 0 aromatic carbocycles. The van der Waals surface area contributed by atoms with E-state index in [0.29, 0.717) is 19.6 Å². The van der Waals surface area contributed by atoms with Crippen LogP contribution in [0.4, 0.5) is 9.59 Å². The zero-order valence-electron chi connectivity index (χ0n) is 26.5. The molecule has 7 atom stereocenters. The van der Waals surface area contributed by atoms with Crippen LogP contribution in [0.15, 0.2) is 16.3 Å². The van der Waals surface area contributed by atoms with Gasteiger partial charge in [-0.15, -0.1) is 0 Å². The minimum Gasteiger partial charge on any atom is -0.428 e. The largest absolute Gasteiger partial charge is 0.428 e. The molecule has 46 heavy (non-hydrogen) atoms. The van der Waals surface area contributed by atoms with E-state index in [0.717, 1.165) is 23.7 Å². The first-order valence-corrected chi connectivity index (χ1v) is 20.1. The van der Waals surface area contributed by atoms with Crippen molar-refractivity contribution in [1.82, 2.24) is 35.4 Å². The van der Waals surface area contributed by atoms with Gasteiger partial charge in [0.1, 0.15) is 32.6 Å². The van der Waals surface area contributed by atoms with Crippen LogP contribution < -0.4 is 25.6 Å². The first-order valence-electron chi connectivity index (χ1n) is 14.8. The molecule has 5 N–H and O–H groups in total. The Morgan fingerprint density at radius 3 is 1.98 bits per heavy atom. The Bertz CT molecular complexity index is 1160. The predicted molar refractivity (Wildman–Crippen MR) is 183 cm³/mol. The number of carbonyl (C=O) groups excluding carboxylic acids is 4. The van der Waals surface area contributed by atoms with Crippen LogP contribution in [-0.2, 0) is 27.6 Å². The molecule has 2 fully saturated rings. The molecule has 3 rings (SSSR count). The van der Waals surface area contributed by atoms with Crippen LogP contribution in [0.2, 0.25) is 18.1 Å². The first-order chi connectivity index (χ1) is 22.0. The summed E-state index contributed by atoms with van der Waals surface area (Å²) in [7, 11) is 12.1.